The van der Waals surface area contributed by atoms with Crippen molar-refractivity contribution in [2.45, 2.75) is 32.6 Å². The predicted octanol–water partition coefficient (Wildman–Crippen LogP) is 2.80. The third-order valence-corrected chi connectivity index (χ3v) is 4.01. The monoisotopic (exact) mass is 305 g/mol. The highest BCUT2D eigenvalue weighted by atomic mass is 16.5. The van der Waals surface area contributed by atoms with Gasteiger partial charge < -0.3 is 14.7 Å². The quantitative estimate of drug-likeness (QED) is 0.908. The number of benzene rings is 1. The summed E-state index contributed by atoms with van der Waals surface area (Å²) in [6.45, 7) is 3.85. The minimum Gasteiger partial charge on any atom is -0.494 e. The van der Waals surface area contributed by atoms with E-state index in [1.165, 1.54) is 0 Å². The highest BCUT2D eigenvalue weighted by Gasteiger charge is 2.22. The summed E-state index contributed by atoms with van der Waals surface area (Å²) < 4.78 is 5.38. The molecule has 22 heavy (non-hydrogen) atoms. The van der Waals surface area contributed by atoms with Crippen molar-refractivity contribution in [2.24, 2.45) is 5.92 Å². The standard InChI is InChI=1S/C17H23NO4/c1-2-22-15-7-5-14(6-8-15)17(21)18-10-3-4-13(9-11-18)12-16(19)20/h5-8,13H,2-4,9-12H2,1H3,(H,19,20)/t13-/m1/s1. The fourth-order valence-electron chi connectivity index (χ4n) is 2.86. The summed E-state index contributed by atoms with van der Waals surface area (Å²) in [5.74, 6) is 0.197. The molecule has 1 N–H and O–H groups in total. The van der Waals surface area contributed by atoms with Crippen LogP contribution in [0.25, 0.3) is 0 Å². The van der Waals surface area contributed by atoms with Crippen molar-refractivity contribution in [3.63, 3.8) is 0 Å². The normalized spacial score (nSPS) is 18.6. The number of carboxylic acid groups (broad SMARTS) is 1. The summed E-state index contributed by atoms with van der Waals surface area (Å²) in [4.78, 5) is 25.2. The van der Waals surface area contributed by atoms with E-state index < -0.39 is 5.97 Å². The number of rotatable bonds is 5. The molecule has 1 saturated heterocycles. The van der Waals surface area contributed by atoms with Gasteiger partial charge in [0, 0.05) is 25.1 Å². The van der Waals surface area contributed by atoms with Gasteiger partial charge in [-0.15, -0.1) is 0 Å². The number of likely N-dealkylation sites (tertiary alicyclic amines) is 1. The van der Waals surface area contributed by atoms with Gasteiger partial charge in [0.05, 0.1) is 6.61 Å². The molecule has 5 nitrogen and oxygen atoms in total. The fraction of sp³-hybridized carbons (Fsp3) is 0.529. The molecule has 1 heterocycles. The highest BCUT2D eigenvalue weighted by molar-refractivity contribution is 5.94. The molecule has 0 aromatic heterocycles. The molecule has 1 aliphatic rings. The first kappa shape index (κ1) is 16.3. The van der Waals surface area contributed by atoms with E-state index in [0.29, 0.717) is 25.3 Å². The predicted molar refractivity (Wildman–Crippen MR) is 83.1 cm³/mol. The second-order valence-corrected chi connectivity index (χ2v) is 5.64. The van der Waals surface area contributed by atoms with E-state index in [9.17, 15) is 9.59 Å². The number of carboxylic acids is 1. The van der Waals surface area contributed by atoms with Crippen LogP contribution in [0.3, 0.4) is 0 Å². The van der Waals surface area contributed by atoms with Gasteiger partial charge in [0.25, 0.3) is 5.91 Å². The number of amides is 1. The van der Waals surface area contributed by atoms with E-state index in [1.807, 2.05) is 24.0 Å². The first-order chi connectivity index (χ1) is 10.6. The SMILES string of the molecule is CCOc1ccc(C(=O)N2CCC[C@@H](CC(=O)O)CC2)cc1. The number of nitrogens with zero attached hydrogens (tertiary/aromatic N) is 1. The van der Waals surface area contributed by atoms with Gasteiger partial charge in [-0.2, -0.15) is 0 Å². The summed E-state index contributed by atoms with van der Waals surface area (Å²) in [6.07, 6.45) is 2.69. The molecule has 1 amide bonds. The van der Waals surface area contributed by atoms with E-state index in [4.69, 9.17) is 9.84 Å². The van der Waals surface area contributed by atoms with Crippen LogP contribution in [0.15, 0.2) is 24.3 Å². The molecule has 0 aliphatic carbocycles. The molecular weight excluding hydrogens is 282 g/mol. The summed E-state index contributed by atoms with van der Waals surface area (Å²) >= 11 is 0. The van der Waals surface area contributed by atoms with Crippen LogP contribution in [0.2, 0.25) is 0 Å². The van der Waals surface area contributed by atoms with Crippen molar-refractivity contribution in [3.05, 3.63) is 29.8 Å². The molecule has 1 atom stereocenters. The van der Waals surface area contributed by atoms with Crippen LogP contribution in [-0.4, -0.2) is 41.6 Å². The molecule has 1 aliphatic heterocycles. The Morgan fingerprint density at radius 3 is 2.59 bits per heavy atom. The molecular formula is C17H23NO4. The zero-order chi connectivity index (χ0) is 15.9. The number of ether oxygens (including phenoxy) is 1. The Morgan fingerprint density at radius 2 is 1.95 bits per heavy atom. The maximum Gasteiger partial charge on any atom is 0.303 e. The Hall–Kier alpha value is -2.04. The van der Waals surface area contributed by atoms with Gasteiger partial charge in [-0.25, -0.2) is 0 Å². The van der Waals surface area contributed by atoms with Crippen LogP contribution in [0.1, 0.15) is 43.0 Å². The maximum absolute atomic E-state index is 12.5. The van der Waals surface area contributed by atoms with Crippen LogP contribution in [-0.2, 0) is 4.79 Å². The molecule has 0 spiro atoms. The van der Waals surface area contributed by atoms with Crippen molar-refractivity contribution in [3.8, 4) is 5.75 Å². The lowest BCUT2D eigenvalue weighted by molar-refractivity contribution is -0.138. The van der Waals surface area contributed by atoms with Crippen LogP contribution < -0.4 is 4.74 Å². The summed E-state index contributed by atoms with van der Waals surface area (Å²) in [5, 5.41) is 8.89. The average Bonchev–Trinajstić information content (AvgIpc) is 2.73. The van der Waals surface area contributed by atoms with Crippen LogP contribution in [0, 0.1) is 5.92 Å². The topological polar surface area (TPSA) is 66.8 Å². The average molecular weight is 305 g/mol. The third-order valence-electron chi connectivity index (χ3n) is 4.01. The number of hydrogen-bond acceptors (Lipinski definition) is 3. The fourth-order valence-corrected chi connectivity index (χ4v) is 2.86. The Balaban J connectivity index is 1.95. The highest BCUT2D eigenvalue weighted by Crippen LogP contribution is 2.22. The molecule has 1 fully saturated rings. The lowest BCUT2D eigenvalue weighted by atomic mass is 9.97. The Morgan fingerprint density at radius 1 is 1.23 bits per heavy atom. The van der Waals surface area contributed by atoms with Crippen molar-refractivity contribution in [1.82, 2.24) is 4.90 Å². The summed E-state index contributed by atoms with van der Waals surface area (Å²) in [5.41, 5.74) is 0.653. The van der Waals surface area contributed by atoms with E-state index in [1.54, 1.807) is 12.1 Å². The zero-order valence-corrected chi connectivity index (χ0v) is 13.0. The van der Waals surface area contributed by atoms with Crippen LogP contribution in [0.4, 0.5) is 0 Å². The van der Waals surface area contributed by atoms with Crippen molar-refractivity contribution in [2.75, 3.05) is 19.7 Å². The van der Waals surface area contributed by atoms with Crippen LogP contribution in [0.5, 0.6) is 5.75 Å². The van der Waals surface area contributed by atoms with E-state index in [2.05, 4.69) is 0 Å². The lowest BCUT2D eigenvalue weighted by Crippen LogP contribution is -2.32. The van der Waals surface area contributed by atoms with E-state index in [-0.39, 0.29) is 18.2 Å². The largest absolute Gasteiger partial charge is 0.494 e. The van der Waals surface area contributed by atoms with Crippen molar-refractivity contribution in [1.29, 1.82) is 0 Å². The lowest BCUT2D eigenvalue weighted by Gasteiger charge is -2.20. The summed E-state index contributed by atoms with van der Waals surface area (Å²) in [7, 11) is 0. The summed E-state index contributed by atoms with van der Waals surface area (Å²) in [6, 6.07) is 7.18. The maximum atomic E-state index is 12.5. The number of carbonyl (C=O) groups is 2. The Labute approximate surface area is 130 Å². The van der Waals surface area contributed by atoms with Gasteiger partial charge in [-0.1, -0.05) is 0 Å². The zero-order valence-electron chi connectivity index (χ0n) is 13.0. The number of carbonyl (C=O) groups excluding carboxylic acids is 1. The second-order valence-electron chi connectivity index (χ2n) is 5.64. The van der Waals surface area contributed by atoms with Gasteiger partial charge in [0.15, 0.2) is 0 Å². The van der Waals surface area contributed by atoms with Gasteiger partial charge in [-0.3, -0.25) is 9.59 Å². The first-order valence-electron chi connectivity index (χ1n) is 7.84. The smallest absolute Gasteiger partial charge is 0.303 e. The molecule has 0 saturated carbocycles. The molecule has 1 aromatic rings. The number of hydrogen-bond donors (Lipinski definition) is 1. The van der Waals surface area contributed by atoms with Crippen molar-refractivity contribution < 1.29 is 19.4 Å². The minimum atomic E-state index is -0.753. The Bertz CT molecular complexity index is 512. The molecule has 2 rings (SSSR count). The minimum absolute atomic E-state index is 0.0130. The van der Waals surface area contributed by atoms with Gasteiger partial charge in [0.2, 0.25) is 0 Å². The molecule has 5 heteroatoms. The number of aliphatic carboxylic acids is 1. The molecule has 1 aromatic carbocycles. The van der Waals surface area contributed by atoms with Gasteiger partial charge >= 0.3 is 5.97 Å². The molecule has 120 valence electrons. The van der Waals surface area contributed by atoms with Crippen molar-refractivity contribution >= 4 is 11.9 Å². The van der Waals surface area contributed by atoms with Crippen LogP contribution >= 0.6 is 0 Å². The molecule has 0 unspecified atom stereocenters. The van der Waals surface area contributed by atoms with Gasteiger partial charge in [0.1, 0.15) is 5.75 Å². The molecule has 0 radical (unpaired) electrons. The Kier molecular flexibility index (Phi) is 5.81. The molecule has 0 bridgehead atoms. The van der Waals surface area contributed by atoms with E-state index in [0.717, 1.165) is 25.0 Å². The van der Waals surface area contributed by atoms with E-state index >= 15 is 0 Å². The first-order valence-corrected chi connectivity index (χ1v) is 7.84. The van der Waals surface area contributed by atoms with Gasteiger partial charge in [-0.05, 0) is 56.4 Å². The second kappa shape index (κ2) is 7.82. The third kappa shape index (κ3) is 4.48.